The van der Waals surface area contributed by atoms with Crippen molar-refractivity contribution in [2.24, 2.45) is 0 Å². The SMILES string of the molecule is CCn1c(CNC2CCCC2)cc2cccc(Cl)c21. The highest BCUT2D eigenvalue weighted by Gasteiger charge is 2.16. The fourth-order valence-corrected chi connectivity index (χ4v) is 3.50. The van der Waals surface area contributed by atoms with Crippen LogP contribution in [0.25, 0.3) is 10.9 Å². The third kappa shape index (κ3) is 2.52. The van der Waals surface area contributed by atoms with E-state index in [1.54, 1.807) is 0 Å². The predicted octanol–water partition coefficient (Wildman–Crippen LogP) is 4.35. The number of nitrogens with zero attached hydrogens (tertiary/aromatic N) is 1. The summed E-state index contributed by atoms with van der Waals surface area (Å²) >= 11 is 6.34. The van der Waals surface area contributed by atoms with E-state index in [4.69, 9.17) is 11.6 Å². The molecule has 0 spiro atoms. The van der Waals surface area contributed by atoms with Gasteiger partial charge >= 0.3 is 0 Å². The highest BCUT2D eigenvalue weighted by Crippen LogP contribution is 2.27. The van der Waals surface area contributed by atoms with Crippen molar-refractivity contribution in [1.82, 2.24) is 9.88 Å². The van der Waals surface area contributed by atoms with Gasteiger partial charge in [0, 0.05) is 30.2 Å². The number of hydrogen-bond acceptors (Lipinski definition) is 1. The number of para-hydroxylation sites is 1. The molecule has 3 rings (SSSR count). The molecule has 0 amide bonds. The first kappa shape index (κ1) is 13.0. The van der Waals surface area contributed by atoms with Gasteiger partial charge in [0.15, 0.2) is 0 Å². The fraction of sp³-hybridized carbons (Fsp3) is 0.500. The number of aryl methyl sites for hydroxylation is 1. The van der Waals surface area contributed by atoms with Gasteiger partial charge in [0.25, 0.3) is 0 Å². The van der Waals surface area contributed by atoms with Crippen LogP contribution in [0, 0.1) is 0 Å². The lowest BCUT2D eigenvalue weighted by molar-refractivity contribution is 0.510. The Balaban J connectivity index is 1.87. The zero-order valence-electron chi connectivity index (χ0n) is 11.5. The van der Waals surface area contributed by atoms with Gasteiger partial charge in [-0.15, -0.1) is 0 Å². The molecule has 1 aromatic carbocycles. The maximum Gasteiger partial charge on any atom is 0.0672 e. The molecule has 2 nitrogen and oxygen atoms in total. The van der Waals surface area contributed by atoms with Crippen LogP contribution in [0.1, 0.15) is 38.3 Å². The first-order valence-corrected chi connectivity index (χ1v) is 7.67. The van der Waals surface area contributed by atoms with E-state index in [2.05, 4.69) is 28.9 Å². The Bertz CT molecular complexity index is 567. The Hall–Kier alpha value is -0.990. The zero-order valence-corrected chi connectivity index (χ0v) is 12.2. The van der Waals surface area contributed by atoms with Crippen molar-refractivity contribution in [3.63, 3.8) is 0 Å². The molecular weight excluding hydrogens is 256 g/mol. The third-order valence-corrected chi connectivity index (χ3v) is 4.50. The monoisotopic (exact) mass is 276 g/mol. The molecule has 2 aromatic rings. The number of fused-ring (bicyclic) bond motifs is 1. The Kier molecular flexibility index (Phi) is 3.81. The molecule has 1 aliphatic rings. The number of hydrogen-bond donors (Lipinski definition) is 1. The van der Waals surface area contributed by atoms with Crippen molar-refractivity contribution in [2.45, 2.75) is 51.7 Å². The van der Waals surface area contributed by atoms with E-state index < -0.39 is 0 Å². The zero-order chi connectivity index (χ0) is 13.2. The number of rotatable bonds is 4. The van der Waals surface area contributed by atoms with Gasteiger partial charge < -0.3 is 9.88 Å². The van der Waals surface area contributed by atoms with E-state index >= 15 is 0 Å². The summed E-state index contributed by atoms with van der Waals surface area (Å²) in [6.45, 7) is 4.10. The van der Waals surface area contributed by atoms with E-state index in [0.717, 1.165) is 18.1 Å². The van der Waals surface area contributed by atoms with Crippen LogP contribution in [-0.2, 0) is 13.1 Å². The van der Waals surface area contributed by atoms with E-state index in [1.165, 1.54) is 42.3 Å². The molecule has 0 radical (unpaired) electrons. The molecule has 19 heavy (non-hydrogen) atoms. The van der Waals surface area contributed by atoms with Crippen LogP contribution >= 0.6 is 11.6 Å². The first-order chi connectivity index (χ1) is 9.29. The summed E-state index contributed by atoms with van der Waals surface area (Å²) in [6.07, 6.45) is 5.40. The average molecular weight is 277 g/mol. The lowest BCUT2D eigenvalue weighted by Crippen LogP contribution is -2.26. The summed E-state index contributed by atoms with van der Waals surface area (Å²) in [4.78, 5) is 0. The molecule has 1 N–H and O–H groups in total. The summed E-state index contributed by atoms with van der Waals surface area (Å²) in [6, 6.07) is 9.13. The molecule has 1 aliphatic carbocycles. The van der Waals surface area contributed by atoms with Gasteiger partial charge in [-0.05, 0) is 31.9 Å². The molecule has 1 fully saturated rings. The summed E-state index contributed by atoms with van der Waals surface area (Å²) in [5.74, 6) is 0. The lowest BCUT2D eigenvalue weighted by Gasteiger charge is -2.14. The van der Waals surface area contributed by atoms with Crippen LogP contribution in [0.4, 0.5) is 0 Å². The molecule has 1 saturated carbocycles. The van der Waals surface area contributed by atoms with Crippen LogP contribution in [-0.4, -0.2) is 10.6 Å². The minimum atomic E-state index is 0.707. The number of aromatic nitrogens is 1. The number of halogens is 1. The molecule has 0 unspecified atom stereocenters. The smallest absolute Gasteiger partial charge is 0.0672 e. The van der Waals surface area contributed by atoms with Crippen LogP contribution in [0.2, 0.25) is 5.02 Å². The first-order valence-electron chi connectivity index (χ1n) is 7.29. The maximum absolute atomic E-state index is 6.34. The lowest BCUT2D eigenvalue weighted by atomic mass is 10.2. The van der Waals surface area contributed by atoms with E-state index in [9.17, 15) is 0 Å². The second-order valence-corrected chi connectivity index (χ2v) is 5.83. The Morgan fingerprint density at radius 3 is 2.84 bits per heavy atom. The van der Waals surface area contributed by atoms with Gasteiger partial charge in [-0.1, -0.05) is 36.6 Å². The van der Waals surface area contributed by atoms with Crippen molar-refractivity contribution in [1.29, 1.82) is 0 Å². The predicted molar refractivity (Wildman–Crippen MR) is 81.7 cm³/mol. The normalized spacial score (nSPS) is 16.5. The molecule has 0 aliphatic heterocycles. The van der Waals surface area contributed by atoms with Gasteiger partial charge in [-0.25, -0.2) is 0 Å². The minimum absolute atomic E-state index is 0.707. The van der Waals surface area contributed by atoms with E-state index in [-0.39, 0.29) is 0 Å². The van der Waals surface area contributed by atoms with Gasteiger partial charge in [0.05, 0.1) is 10.5 Å². The topological polar surface area (TPSA) is 17.0 Å². The molecule has 0 atom stereocenters. The molecule has 102 valence electrons. The quantitative estimate of drug-likeness (QED) is 0.879. The van der Waals surface area contributed by atoms with Crippen LogP contribution in [0.3, 0.4) is 0 Å². The van der Waals surface area contributed by atoms with Gasteiger partial charge in [0.2, 0.25) is 0 Å². The minimum Gasteiger partial charge on any atom is -0.342 e. The molecule has 0 bridgehead atoms. The van der Waals surface area contributed by atoms with Gasteiger partial charge in [-0.3, -0.25) is 0 Å². The molecule has 1 heterocycles. The van der Waals surface area contributed by atoms with E-state index in [1.807, 2.05) is 12.1 Å². The van der Waals surface area contributed by atoms with Gasteiger partial charge in [-0.2, -0.15) is 0 Å². The largest absolute Gasteiger partial charge is 0.342 e. The molecular formula is C16H21ClN2. The molecule has 0 saturated heterocycles. The standard InChI is InChI=1S/C16H21ClN2/c1-2-19-14(11-18-13-7-3-4-8-13)10-12-6-5-9-15(17)16(12)19/h5-6,9-10,13,18H,2-4,7-8,11H2,1H3. The van der Waals surface area contributed by atoms with Crippen molar-refractivity contribution < 1.29 is 0 Å². The van der Waals surface area contributed by atoms with Crippen molar-refractivity contribution in [3.05, 3.63) is 35.0 Å². The second-order valence-electron chi connectivity index (χ2n) is 5.42. The highest BCUT2D eigenvalue weighted by molar-refractivity contribution is 6.35. The third-order valence-electron chi connectivity index (χ3n) is 4.20. The average Bonchev–Trinajstić information content (AvgIpc) is 3.03. The highest BCUT2D eigenvalue weighted by atomic mass is 35.5. The number of nitrogens with one attached hydrogen (secondary N) is 1. The van der Waals surface area contributed by atoms with Crippen LogP contribution in [0.5, 0.6) is 0 Å². The van der Waals surface area contributed by atoms with Crippen molar-refractivity contribution >= 4 is 22.5 Å². The number of benzene rings is 1. The molecule has 1 aromatic heterocycles. The summed E-state index contributed by atoms with van der Waals surface area (Å²) in [5.41, 5.74) is 2.52. The van der Waals surface area contributed by atoms with Crippen molar-refractivity contribution in [3.8, 4) is 0 Å². The van der Waals surface area contributed by atoms with E-state index in [0.29, 0.717) is 6.04 Å². The van der Waals surface area contributed by atoms with Crippen LogP contribution in [0.15, 0.2) is 24.3 Å². The fourth-order valence-electron chi connectivity index (χ4n) is 3.22. The van der Waals surface area contributed by atoms with Crippen molar-refractivity contribution in [2.75, 3.05) is 0 Å². The Morgan fingerprint density at radius 2 is 2.11 bits per heavy atom. The summed E-state index contributed by atoms with van der Waals surface area (Å²) < 4.78 is 2.33. The summed E-state index contributed by atoms with van der Waals surface area (Å²) in [5, 5.41) is 5.79. The summed E-state index contributed by atoms with van der Waals surface area (Å²) in [7, 11) is 0. The second kappa shape index (κ2) is 5.56. The van der Waals surface area contributed by atoms with Gasteiger partial charge in [0.1, 0.15) is 0 Å². The molecule has 3 heteroatoms. The van der Waals surface area contributed by atoms with Crippen LogP contribution < -0.4 is 5.32 Å². The maximum atomic E-state index is 6.34. The Labute approximate surface area is 119 Å². The Morgan fingerprint density at radius 1 is 1.32 bits per heavy atom.